The number of nitrogens with one attached hydrogen (secondary N) is 2. The quantitative estimate of drug-likeness (QED) is 0.742. The molecule has 120 valence electrons. The van der Waals surface area contributed by atoms with Crippen molar-refractivity contribution in [3.05, 3.63) is 53.0 Å². The smallest absolute Gasteiger partial charge is 0.250 e. The molecule has 6 heteroatoms. The molecule has 0 unspecified atom stereocenters. The zero-order chi connectivity index (χ0) is 16.1. The molecule has 0 aliphatic heterocycles. The molecule has 1 aliphatic rings. The third-order valence-electron chi connectivity index (χ3n) is 4.64. The Hall–Kier alpha value is -1.63. The first kappa shape index (κ1) is 14.9. The molecule has 0 atom stereocenters. The SMILES string of the molecule is Cc1[nH]c2ccccc2c1C1(CNS(=O)(=O)c2cccs2)CC1. The van der Waals surface area contributed by atoms with Gasteiger partial charge in [-0.05, 0) is 42.8 Å². The Morgan fingerprint density at radius 1 is 1.22 bits per heavy atom. The van der Waals surface area contributed by atoms with E-state index < -0.39 is 10.0 Å². The number of fused-ring (bicyclic) bond motifs is 1. The maximum atomic E-state index is 12.4. The minimum Gasteiger partial charge on any atom is -0.358 e. The molecule has 1 saturated carbocycles. The van der Waals surface area contributed by atoms with E-state index in [0.29, 0.717) is 10.8 Å². The second-order valence-electron chi connectivity index (χ2n) is 6.21. The molecular formula is C17H18N2O2S2. The first-order valence-corrected chi connectivity index (χ1v) is 9.99. The molecule has 4 nitrogen and oxygen atoms in total. The van der Waals surface area contributed by atoms with Crippen LogP contribution >= 0.6 is 11.3 Å². The molecule has 4 rings (SSSR count). The molecule has 3 aromatic rings. The molecule has 1 aromatic carbocycles. The van der Waals surface area contributed by atoms with Gasteiger partial charge in [-0.15, -0.1) is 11.3 Å². The van der Waals surface area contributed by atoms with Crippen molar-refractivity contribution in [2.45, 2.75) is 29.4 Å². The summed E-state index contributed by atoms with van der Waals surface area (Å²) in [7, 11) is -3.41. The lowest BCUT2D eigenvalue weighted by atomic mass is 9.93. The highest BCUT2D eigenvalue weighted by Gasteiger charge is 2.47. The van der Waals surface area contributed by atoms with E-state index in [9.17, 15) is 8.42 Å². The normalized spacial score (nSPS) is 16.7. The zero-order valence-corrected chi connectivity index (χ0v) is 14.4. The first-order valence-electron chi connectivity index (χ1n) is 7.63. The molecule has 2 heterocycles. The summed E-state index contributed by atoms with van der Waals surface area (Å²) < 4.78 is 27.9. The summed E-state index contributed by atoms with van der Waals surface area (Å²) in [5, 5.41) is 2.99. The van der Waals surface area contributed by atoms with Gasteiger partial charge in [-0.25, -0.2) is 13.1 Å². The van der Waals surface area contributed by atoms with E-state index in [-0.39, 0.29) is 5.41 Å². The van der Waals surface area contributed by atoms with Crippen molar-refractivity contribution in [3.63, 3.8) is 0 Å². The highest BCUT2D eigenvalue weighted by Crippen LogP contribution is 2.51. The van der Waals surface area contributed by atoms with Crippen LogP contribution in [-0.4, -0.2) is 19.9 Å². The van der Waals surface area contributed by atoms with E-state index in [2.05, 4.69) is 28.8 Å². The van der Waals surface area contributed by atoms with Gasteiger partial charge in [-0.3, -0.25) is 0 Å². The van der Waals surface area contributed by atoms with Crippen LogP contribution in [0.1, 0.15) is 24.1 Å². The lowest BCUT2D eigenvalue weighted by Crippen LogP contribution is -2.32. The largest absolute Gasteiger partial charge is 0.358 e. The van der Waals surface area contributed by atoms with Gasteiger partial charge in [-0.1, -0.05) is 24.3 Å². The number of para-hydroxylation sites is 1. The monoisotopic (exact) mass is 346 g/mol. The second kappa shape index (κ2) is 5.19. The highest BCUT2D eigenvalue weighted by molar-refractivity contribution is 7.91. The van der Waals surface area contributed by atoms with Crippen LogP contribution in [0.3, 0.4) is 0 Å². The number of sulfonamides is 1. The topological polar surface area (TPSA) is 62.0 Å². The van der Waals surface area contributed by atoms with Crippen molar-refractivity contribution in [2.24, 2.45) is 0 Å². The Kier molecular flexibility index (Phi) is 3.37. The molecule has 2 aromatic heterocycles. The van der Waals surface area contributed by atoms with E-state index in [4.69, 9.17) is 0 Å². The van der Waals surface area contributed by atoms with Crippen LogP contribution in [-0.2, 0) is 15.4 Å². The number of hydrogen-bond acceptors (Lipinski definition) is 3. The molecular weight excluding hydrogens is 328 g/mol. The van der Waals surface area contributed by atoms with Crippen molar-refractivity contribution >= 4 is 32.3 Å². The van der Waals surface area contributed by atoms with Crippen LogP contribution in [0.25, 0.3) is 10.9 Å². The summed E-state index contributed by atoms with van der Waals surface area (Å²) >= 11 is 1.25. The number of hydrogen-bond donors (Lipinski definition) is 2. The van der Waals surface area contributed by atoms with Crippen molar-refractivity contribution in [1.29, 1.82) is 0 Å². The molecule has 2 N–H and O–H groups in total. The Bertz CT molecular complexity index is 952. The Morgan fingerprint density at radius 2 is 2.00 bits per heavy atom. The van der Waals surface area contributed by atoms with Gasteiger partial charge in [0.05, 0.1) is 0 Å². The molecule has 0 radical (unpaired) electrons. The van der Waals surface area contributed by atoms with Crippen LogP contribution in [0.4, 0.5) is 0 Å². The maximum Gasteiger partial charge on any atom is 0.250 e. The Labute approximate surface area is 139 Å². The van der Waals surface area contributed by atoms with Gasteiger partial charge in [0, 0.05) is 28.6 Å². The van der Waals surface area contributed by atoms with Gasteiger partial charge in [0.15, 0.2) is 0 Å². The van der Waals surface area contributed by atoms with Crippen molar-refractivity contribution in [3.8, 4) is 0 Å². The molecule has 1 aliphatic carbocycles. The van der Waals surface area contributed by atoms with Crippen LogP contribution < -0.4 is 4.72 Å². The third-order valence-corrected chi connectivity index (χ3v) is 7.44. The molecule has 0 bridgehead atoms. The molecule has 0 amide bonds. The summed E-state index contributed by atoms with van der Waals surface area (Å²) in [5.41, 5.74) is 3.45. The number of rotatable bonds is 5. The van der Waals surface area contributed by atoms with E-state index in [0.717, 1.165) is 24.1 Å². The highest BCUT2D eigenvalue weighted by atomic mass is 32.2. The summed E-state index contributed by atoms with van der Waals surface area (Å²) in [6.07, 6.45) is 2.03. The van der Waals surface area contributed by atoms with Crippen LogP contribution in [0.15, 0.2) is 46.0 Å². The van der Waals surface area contributed by atoms with Crippen molar-refractivity contribution in [2.75, 3.05) is 6.54 Å². The van der Waals surface area contributed by atoms with Crippen LogP contribution in [0.5, 0.6) is 0 Å². The fourth-order valence-corrected chi connectivity index (χ4v) is 5.51. The maximum absolute atomic E-state index is 12.4. The predicted octanol–water partition coefficient (Wildman–Crippen LogP) is 3.55. The predicted molar refractivity (Wildman–Crippen MR) is 93.5 cm³/mol. The van der Waals surface area contributed by atoms with Gasteiger partial charge < -0.3 is 4.98 Å². The number of benzene rings is 1. The minimum atomic E-state index is -3.41. The van der Waals surface area contributed by atoms with E-state index in [1.807, 2.05) is 12.1 Å². The van der Waals surface area contributed by atoms with Crippen molar-refractivity contribution in [1.82, 2.24) is 9.71 Å². The summed E-state index contributed by atoms with van der Waals surface area (Å²) in [6.45, 7) is 2.53. The van der Waals surface area contributed by atoms with E-state index in [1.165, 1.54) is 22.3 Å². The summed E-state index contributed by atoms with van der Waals surface area (Å²) in [4.78, 5) is 3.42. The molecule has 23 heavy (non-hydrogen) atoms. The second-order valence-corrected chi connectivity index (χ2v) is 9.15. The standard InChI is InChI=1S/C17H18N2O2S2/c1-12-16(13-5-2-3-6-14(13)19-12)17(8-9-17)11-18-23(20,21)15-7-4-10-22-15/h2-7,10,18-19H,8-9,11H2,1H3. The Morgan fingerprint density at radius 3 is 2.70 bits per heavy atom. The fraction of sp³-hybridized carbons (Fsp3) is 0.294. The van der Waals surface area contributed by atoms with Gasteiger partial charge >= 0.3 is 0 Å². The van der Waals surface area contributed by atoms with Gasteiger partial charge in [0.1, 0.15) is 4.21 Å². The van der Waals surface area contributed by atoms with Gasteiger partial charge in [0.2, 0.25) is 10.0 Å². The summed E-state index contributed by atoms with van der Waals surface area (Å²) in [6, 6.07) is 11.6. The molecule has 0 spiro atoms. The summed E-state index contributed by atoms with van der Waals surface area (Å²) in [5.74, 6) is 0. The lowest BCUT2D eigenvalue weighted by Gasteiger charge is -2.17. The number of aromatic amines is 1. The molecule has 1 fully saturated rings. The number of H-pyrrole nitrogens is 1. The zero-order valence-electron chi connectivity index (χ0n) is 12.8. The number of thiophene rings is 1. The van der Waals surface area contributed by atoms with Gasteiger partial charge in [0.25, 0.3) is 0 Å². The van der Waals surface area contributed by atoms with Gasteiger partial charge in [-0.2, -0.15) is 0 Å². The van der Waals surface area contributed by atoms with E-state index >= 15 is 0 Å². The Balaban J connectivity index is 1.65. The fourth-order valence-electron chi connectivity index (χ4n) is 3.35. The van der Waals surface area contributed by atoms with Crippen LogP contribution in [0.2, 0.25) is 0 Å². The average Bonchev–Trinajstić information content (AvgIpc) is 2.98. The third kappa shape index (κ3) is 2.51. The first-order chi connectivity index (χ1) is 11.0. The minimum absolute atomic E-state index is 0.0754. The average molecular weight is 346 g/mol. The number of aryl methyl sites for hydroxylation is 1. The molecule has 0 saturated heterocycles. The van der Waals surface area contributed by atoms with Crippen LogP contribution in [0, 0.1) is 6.92 Å². The lowest BCUT2D eigenvalue weighted by molar-refractivity contribution is 0.569. The number of aromatic nitrogens is 1. The van der Waals surface area contributed by atoms with Crippen molar-refractivity contribution < 1.29 is 8.42 Å². The van der Waals surface area contributed by atoms with E-state index in [1.54, 1.807) is 17.5 Å².